The Kier molecular flexibility index (Phi) is 4.64. The lowest BCUT2D eigenvalue weighted by Crippen LogP contribution is -2.34. The Morgan fingerprint density at radius 3 is 2.33 bits per heavy atom. The molecular formula is C14H29N. The van der Waals surface area contributed by atoms with Crippen LogP contribution in [0.3, 0.4) is 0 Å². The van der Waals surface area contributed by atoms with Crippen LogP contribution >= 0.6 is 0 Å². The monoisotopic (exact) mass is 211 g/mol. The topological polar surface area (TPSA) is 12.0 Å². The van der Waals surface area contributed by atoms with Gasteiger partial charge in [-0.2, -0.15) is 0 Å². The first-order valence-electron chi connectivity index (χ1n) is 6.74. The molecule has 0 radical (unpaired) electrons. The van der Waals surface area contributed by atoms with Gasteiger partial charge in [0.25, 0.3) is 0 Å². The lowest BCUT2D eigenvalue weighted by molar-refractivity contribution is 0.334. The Balaban J connectivity index is 2.40. The average Bonchev–Trinajstić information content (AvgIpc) is 2.81. The summed E-state index contributed by atoms with van der Waals surface area (Å²) < 4.78 is 0. The summed E-state index contributed by atoms with van der Waals surface area (Å²) in [6, 6.07) is 0.773. The molecule has 0 aromatic heterocycles. The zero-order valence-corrected chi connectivity index (χ0v) is 11.3. The standard InChI is InChI=1S/C14H29N/c1-6-8-15-13(9-11(3)7-2)12-10-14(12,4)5/h11-13,15H,6-10H2,1-5H3. The van der Waals surface area contributed by atoms with Crippen LogP contribution in [0.15, 0.2) is 0 Å². The largest absolute Gasteiger partial charge is 0.314 e. The third-order valence-corrected chi connectivity index (χ3v) is 4.09. The van der Waals surface area contributed by atoms with E-state index >= 15 is 0 Å². The molecule has 15 heavy (non-hydrogen) atoms. The van der Waals surface area contributed by atoms with Crippen LogP contribution < -0.4 is 5.32 Å². The van der Waals surface area contributed by atoms with E-state index in [2.05, 4.69) is 39.9 Å². The third kappa shape index (κ3) is 3.79. The molecule has 0 bridgehead atoms. The maximum Gasteiger partial charge on any atom is 0.0103 e. The van der Waals surface area contributed by atoms with Gasteiger partial charge in [0.05, 0.1) is 0 Å². The lowest BCUT2D eigenvalue weighted by atomic mass is 9.93. The van der Waals surface area contributed by atoms with Gasteiger partial charge in [-0.15, -0.1) is 0 Å². The van der Waals surface area contributed by atoms with E-state index in [0.29, 0.717) is 5.41 Å². The van der Waals surface area contributed by atoms with Crippen molar-refractivity contribution in [3.05, 3.63) is 0 Å². The van der Waals surface area contributed by atoms with Crippen LogP contribution in [0, 0.1) is 17.3 Å². The van der Waals surface area contributed by atoms with Crippen LogP contribution in [0.5, 0.6) is 0 Å². The van der Waals surface area contributed by atoms with E-state index < -0.39 is 0 Å². The van der Waals surface area contributed by atoms with Crippen LogP contribution in [0.1, 0.15) is 60.3 Å². The van der Waals surface area contributed by atoms with Crippen molar-refractivity contribution in [2.45, 2.75) is 66.3 Å². The molecule has 0 aliphatic heterocycles. The Bertz CT molecular complexity index is 186. The van der Waals surface area contributed by atoms with Gasteiger partial charge in [-0.05, 0) is 43.1 Å². The summed E-state index contributed by atoms with van der Waals surface area (Å²) in [5, 5.41) is 3.75. The van der Waals surface area contributed by atoms with Crippen LogP contribution in [-0.2, 0) is 0 Å². The minimum atomic E-state index is 0.610. The van der Waals surface area contributed by atoms with Gasteiger partial charge in [-0.1, -0.05) is 41.0 Å². The molecule has 1 saturated carbocycles. The molecule has 1 heteroatoms. The quantitative estimate of drug-likeness (QED) is 0.674. The SMILES string of the molecule is CCCNC(CC(C)CC)C1CC1(C)C. The zero-order chi connectivity index (χ0) is 11.5. The van der Waals surface area contributed by atoms with Crippen LogP contribution in [0.2, 0.25) is 0 Å². The number of nitrogens with one attached hydrogen (secondary N) is 1. The van der Waals surface area contributed by atoms with Crippen molar-refractivity contribution in [2.75, 3.05) is 6.54 Å². The average molecular weight is 211 g/mol. The molecule has 0 spiro atoms. The summed E-state index contributed by atoms with van der Waals surface area (Å²) in [5.74, 6) is 1.80. The summed E-state index contributed by atoms with van der Waals surface area (Å²) in [6.45, 7) is 13.0. The first-order chi connectivity index (χ1) is 7.01. The summed E-state index contributed by atoms with van der Waals surface area (Å²) in [6.07, 6.45) is 5.36. The predicted octanol–water partition coefficient (Wildman–Crippen LogP) is 3.84. The zero-order valence-electron chi connectivity index (χ0n) is 11.3. The maximum atomic E-state index is 3.75. The van der Waals surface area contributed by atoms with E-state index in [9.17, 15) is 0 Å². The highest BCUT2D eigenvalue weighted by atomic mass is 14.9. The molecule has 1 N–H and O–H groups in total. The van der Waals surface area contributed by atoms with E-state index in [0.717, 1.165) is 17.9 Å². The molecule has 90 valence electrons. The Morgan fingerprint density at radius 1 is 1.33 bits per heavy atom. The van der Waals surface area contributed by atoms with Crippen LogP contribution in [0.25, 0.3) is 0 Å². The Hall–Kier alpha value is -0.0400. The molecule has 0 heterocycles. The molecule has 0 aromatic rings. The molecule has 1 aliphatic carbocycles. The van der Waals surface area contributed by atoms with E-state index in [1.807, 2.05) is 0 Å². The minimum absolute atomic E-state index is 0.610. The highest BCUT2D eigenvalue weighted by molar-refractivity contribution is 5.01. The lowest BCUT2D eigenvalue weighted by Gasteiger charge is -2.23. The fraction of sp³-hybridized carbons (Fsp3) is 1.00. The predicted molar refractivity (Wildman–Crippen MR) is 68.0 cm³/mol. The fourth-order valence-corrected chi connectivity index (χ4v) is 2.51. The van der Waals surface area contributed by atoms with Gasteiger partial charge in [0.15, 0.2) is 0 Å². The molecule has 0 amide bonds. The molecule has 3 unspecified atom stereocenters. The molecule has 3 atom stereocenters. The molecule has 1 fully saturated rings. The van der Waals surface area contributed by atoms with Gasteiger partial charge in [0.2, 0.25) is 0 Å². The number of hydrogen-bond acceptors (Lipinski definition) is 1. The molecule has 1 rings (SSSR count). The van der Waals surface area contributed by atoms with E-state index in [4.69, 9.17) is 0 Å². The van der Waals surface area contributed by atoms with E-state index in [1.165, 1.54) is 32.2 Å². The van der Waals surface area contributed by atoms with Gasteiger partial charge in [0, 0.05) is 6.04 Å². The summed E-state index contributed by atoms with van der Waals surface area (Å²) in [5.41, 5.74) is 0.610. The number of hydrogen-bond donors (Lipinski definition) is 1. The Labute approximate surface area is 96.0 Å². The fourth-order valence-electron chi connectivity index (χ4n) is 2.51. The van der Waals surface area contributed by atoms with Crippen molar-refractivity contribution in [2.24, 2.45) is 17.3 Å². The second-order valence-electron chi connectivity index (χ2n) is 6.11. The second kappa shape index (κ2) is 5.34. The van der Waals surface area contributed by atoms with Gasteiger partial charge >= 0.3 is 0 Å². The minimum Gasteiger partial charge on any atom is -0.314 e. The first-order valence-corrected chi connectivity index (χ1v) is 6.74. The van der Waals surface area contributed by atoms with Crippen molar-refractivity contribution < 1.29 is 0 Å². The van der Waals surface area contributed by atoms with Crippen molar-refractivity contribution in [1.29, 1.82) is 0 Å². The molecule has 0 aromatic carbocycles. The van der Waals surface area contributed by atoms with Gasteiger partial charge in [-0.3, -0.25) is 0 Å². The summed E-state index contributed by atoms with van der Waals surface area (Å²) in [4.78, 5) is 0. The van der Waals surface area contributed by atoms with Crippen molar-refractivity contribution in [3.63, 3.8) is 0 Å². The molecule has 0 saturated heterocycles. The third-order valence-electron chi connectivity index (χ3n) is 4.09. The van der Waals surface area contributed by atoms with Crippen molar-refractivity contribution in [1.82, 2.24) is 5.32 Å². The first kappa shape index (κ1) is 13.0. The summed E-state index contributed by atoms with van der Waals surface area (Å²) >= 11 is 0. The number of rotatable bonds is 7. The van der Waals surface area contributed by atoms with E-state index in [1.54, 1.807) is 0 Å². The van der Waals surface area contributed by atoms with E-state index in [-0.39, 0.29) is 0 Å². The van der Waals surface area contributed by atoms with Crippen LogP contribution in [-0.4, -0.2) is 12.6 Å². The second-order valence-corrected chi connectivity index (χ2v) is 6.11. The Morgan fingerprint density at radius 2 is 1.93 bits per heavy atom. The smallest absolute Gasteiger partial charge is 0.0103 e. The highest BCUT2D eigenvalue weighted by Gasteiger charge is 2.49. The normalized spacial score (nSPS) is 27.4. The van der Waals surface area contributed by atoms with Gasteiger partial charge in [0.1, 0.15) is 0 Å². The molecule has 1 nitrogen and oxygen atoms in total. The maximum absolute atomic E-state index is 3.75. The van der Waals surface area contributed by atoms with Gasteiger partial charge in [-0.25, -0.2) is 0 Å². The molecule has 1 aliphatic rings. The van der Waals surface area contributed by atoms with Crippen molar-refractivity contribution >= 4 is 0 Å². The van der Waals surface area contributed by atoms with Gasteiger partial charge < -0.3 is 5.32 Å². The summed E-state index contributed by atoms with van der Waals surface area (Å²) in [7, 11) is 0. The van der Waals surface area contributed by atoms with Crippen molar-refractivity contribution in [3.8, 4) is 0 Å². The van der Waals surface area contributed by atoms with Crippen LogP contribution in [0.4, 0.5) is 0 Å². The molecular weight excluding hydrogens is 182 g/mol. The highest BCUT2D eigenvalue weighted by Crippen LogP contribution is 2.54.